The summed E-state index contributed by atoms with van der Waals surface area (Å²) in [5.41, 5.74) is 3.29. The zero-order valence-corrected chi connectivity index (χ0v) is 13.3. The zero-order chi connectivity index (χ0) is 17.5. The van der Waals surface area contributed by atoms with Gasteiger partial charge in [0.05, 0.1) is 17.2 Å². The molecule has 124 valence electrons. The summed E-state index contributed by atoms with van der Waals surface area (Å²) >= 11 is 0. The Morgan fingerprint density at radius 2 is 1.96 bits per heavy atom. The molecule has 2 aromatic rings. The van der Waals surface area contributed by atoms with Crippen LogP contribution >= 0.6 is 0 Å². The fourth-order valence-corrected chi connectivity index (χ4v) is 1.91. The normalized spacial score (nSPS) is 10.8. The molecule has 0 heterocycles. The Hall–Kier alpha value is -3.22. The molecule has 0 bridgehead atoms. The number of carbonyl (C=O) groups excluding carboxylic acids is 1. The SMILES string of the molecule is CC(C)Oc1ccc(C(=O)NN=Cc2cccc([N+](=O)[O-])c2)cc1. The summed E-state index contributed by atoms with van der Waals surface area (Å²) in [7, 11) is 0. The molecule has 0 spiro atoms. The van der Waals surface area contributed by atoms with Gasteiger partial charge in [0, 0.05) is 23.3 Å². The molecule has 0 aromatic heterocycles. The number of nitro benzene ring substituents is 1. The molecule has 0 atom stereocenters. The molecule has 0 saturated heterocycles. The van der Waals surface area contributed by atoms with Crippen LogP contribution in [0.25, 0.3) is 0 Å². The lowest BCUT2D eigenvalue weighted by atomic mass is 10.2. The van der Waals surface area contributed by atoms with Crippen molar-refractivity contribution in [2.24, 2.45) is 5.10 Å². The lowest BCUT2D eigenvalue weighted by Crippen LogP contribution is -2.17. The summed E-state index contributed by atoms with van der Waals surface area (Å²) in [5, 5.41) is 14.5. The van der Waals surface area contributed by atoms with E-state index in [9.17, 15) is 14.9 Å². The molecule has 2 aromatic carbocycles. The number of hydrazone groups is 1. The van der Waals surface area contributed by atoms with Crippen LogP contribution in [0.1, 0.15) is 29.8 Å². The van der Waals surface area contributed by atoms with Crippen LogP contribution in [-0.2, 0) is 0 Å². The van der Waals surface area contributed by atoms with E-state index in [-0.39, 0.29) is 17.7 Å². The fraction of sp³-hybridized carbons (Fsp3) is 0.176. The van der Waals surface area contributed by atoms with E-state index in [2.05, 4.69) is 10.5 Å². The molecule has 1 amide bonds. The first-order valence-corrected chi connectivity index (χ1v) is 7.30. The van der Waals surface area contributed by atoms with Crippen LogP contribution in [0.5, 0.6) is 5.75 Å². The summed E-state index contributed by atoms with van der Waals surface area (Å²) in [6, 6.07) is 12.6. The lowest BCUT2D eigenvalue weighted by Gasteiger charge is -2.09. The molecule has 0 unspecified atom stereocenters. The number of nitrogens with zero attached hydrogens (tertiary/aromatic N) is 2. The maximum Gasteiger partial charge on any atom is 0.271 e. The number of nitro groups is 1. The quantitative estimate of drug-likeness (QED) is 0.501. The third-order valence-corrected chi connectivity index (χ3v) is 2.95. The fourth-order valence-electron chi connectivity index (χ4n) is 1.91. The Balaban J connectivity index is 1.97. The molecule has 7 nitrogen and oxygen atoms in total. The number of hydrogen-bond donors (Lipinski definition) is 1. The molecule has 7 heteroatoms. The molecule has 0 radical (unpaired) electrons. The lowest BCUT2D eigenvalue weighted by molar-refractivity contribution is -0.384. The third-order valence-electron chi connectivity index (χ3n) is 2.95. The van der Waals surface area contributed by atoms with Crippen molar-refractivity contribution in [2.75, 3.05) is 0 Å². The van der Waals surface area contributed by atoms with Gasteiger partial charge in [-0.15, -0.1) is 0 Å². The van der Waals surface area contributed by atoms with Crippen LogP contribution in [0.3, 0.4) is 0 Å². The molecule has 2 rings (SSSR count). The molecule has 0 aliphatic carbocycles. The molecule has 0 aliphatic heterocycles. The van der Waals surface area contributed by atoms with Crippen molar-refractivity contribution < 1.29 is 14.5 Å². The maximum absolute atomic E-state index is 12.0. The largest absolute Gasteiger partial charge is 0.491 e. The highest BCUT2D eigenvalue weighted by Gasteiger charge is 2.06. The number of amides is 1. The Labute approximate surface area is 139 Å². The number of hydrogen-bond acceptors (Lipinski definition) is 5. The van der Waals surface area contributed by atoms with Crippen LogP contribution in [0.15, 0.2) is 53.6 Å². The summed E-state index contributed by atoms with van der Waals surface area (Å²) in [4.78, 5) is 22.2. The molecule has 24 heavy (non-hydrogen) atoms. The van der Waals surface area contributed by atoms with Gasteiger partial charge in [0.25, 0.3) is 11.6 Å². The third kappa shape index (κ3) is 4.91. The van der Waals surface area contributed by atoms with Crippen molar-refractivity contribution in [2.45, 2.75) is 20.0 Å². The van der Waals surface area contributed by atoms with Crippen LogP contribution in [-0.4, -0.2) is 23.1 Å². The van der Waals surface area contributed by atoms with Crippen molar-refractivity contribution >= 4 is 17.8 Å². The standard InChI is InChI=1S/C17H17N3O4/c1-12(2)24-16-8-6-14(7-9-16)17(21)19-18-11-13-4-3-5-15(10-13)20(22)23/h3-12H,1-2H3,(H,19,21). The summed E-state index contributed by atoms with van der Waals surface area (Å²) < 4.78 is 5.50. The van der Waals surface area contributed by atoms with Gasteiger partial charge in [-0.25, -0.2) is 5.43 Å². The Kier molecular flexibility index (Phi) is 5.62. The highest BCUT2D eigenvalue weighted by atomic mass is 16.6. The summed E-state index contributed by atoms with van der Waals surface area (Å²) in [6.07, 6.45) is 1.41. The van der Waals surface area contributed by atoms with Gasteiger partial charge >= 0.3 is 0 Å². The molecular formula is C17H17N3O4. The second kappa shape index (κ2) is 7.87. The first kappa shape index (κ1) is 17.1. The second-order valence-corrected chi connectivity index (χ2v) is 5.24. The molecule has 0 saturated carbocycles. The first-order chi connectivity index (χ1) is 11.5. The number of carbonyl (C=O) groups is 1. The van der Waals surface area contributed by atoms with Crippen LogP contribution < -0.4 is 10.2 Å². The van der Waals surface area contributed by atoms with Crippen LogP contribution in [0, 0.1) is 10.1 Å². The number of ether oxygens (including phenoxy) is 1. The smallest absolute Gasteiger partial charge is 0.271 e. The number of benzene rings is 2. The molecule has 0 fully saturated rings. The topological polar surface area (TPSA) is 93.8 Å². The van der Waals surface area contributed by atoms with Gasteiger partial charge in [-0.2, -0.15) is 5.10 Å². The van der Waals surface area contributed by atoms with E-state index in [0.717, 1.165) is 0 Å². The molecular weight excluding hydrogens is 310 g/mol. The monoisotopic (exact) mass is 327 g/mol. The van der Waals surface area contributed by atoms with E-state index >= 15 is 0 Å². The zero-order valence-electron chi connectivity index (χ0n) is 13.3. The van der Waals surface area contributed by atoms with Gasteiger partial charge in [-0.05, 0) is 38.1 Å². The maximum atomic E-state index is 12.0. The number of nitrogens with one attached hydrogen (secondary N) is 1. The van der Waals surface area contributed by atoms with Gasteiger partial charge < -0.3 is 4.74 Å². The summed E-state index contributed by atoms with van der Waals surface area (Å²) in [5.74, 6) is 0.300. The summed E-state index contributed by atoms with van der Waals surface area (Å²) in [6.45, 7) is 3.84. The van der Waals surface area contributed by atoms with Crippen LogP contribution in [0.4, 0.5) is 5.69 Å². The minimum atomic E-state index is -0.489. The van der Waals surface area contributed by atoms with E-state index in [0.29, 0.717) is 16.9 Å². The average molecular weight is 327 g/mol. The van der Waals surface area contributed by atoms with Crippen LogP contribution in [0.2, 0.25) is 0 Å². The van der Waals surface area contributed by atoms with Crippen molar-refractivity contribution in [1.29, 1.82) is 0 Å². The molecule has 0 aliphatic rings. The van der Waals surface area contributed by atoms with Crippen molar-refractivity contribution in [3.8, 4) is 5.75 Å². The molecule has 1 N–H and O–H groups in total. The predicted octanol–water partition coefficient (Wildman–Crippen LogP) is 3.15. The Bertz CT molecular complexity index is 755. The van der Waals surface area contributed by atoms with Crippen molar-refractivity contribution in [1.82, 2.24) is 5.43 Å². The second-order valence-electron chi connectivity index (χ2n) is 5.24. The van der Waals surface area contributed by atoms with Gasteiger partial charge in [-0.3, -0.25) is 14.9 Å². The Morgan fingerprint density at radius 3 is 2.58 bits per heavy atom. The van der Waals surface area contributed by atoms with E-state index in [1.165, 1.54) is 18.3 Å². The van der Waals surface area contributed by atoms with Gasteiger partial charge in [0.15, 0.2) is 0 Å². The van der Waals surface area contributed by atoms with Crippen molar-refractivity contribution in [3.05, 3.63) is 69.8 Å². The van der Waals surface area contributed by atoms with E-state index in [1.807, 2.05) is 13.8 Å². The first-order valence-electron chi connectivity index (χ1n) is 7.30. The predicted molar refractivity (Wildman–Crippen MR) is 90.4 cm³/mol. The average Bonchev–Trinajstić information content (AvgIpc) is 2.55. The number of non-ortho nitro benzene ring substituents is 1. The highest BCUT2D eigenvalue weighted by Crippen LogP contribution is 2.14. The number of rotatable bonds is 6. The van der Waals surface area contributed by atoms with E-state index in [4.69, 9.17) is 4.74 Å². The van der Waals surface area contributed by atoms with Gasteiger partial charge in [0.2, 0.25) is 0 Å². The minimum Gasteiger partial charge on any atom is -0.491 e. The van der Waals surface area contributed by atoms with E-state index < -0.39 is 4.92 Å². The van der Waals surface area contributed by atoms with E-state index in [1.54, 1.807) is 36.4 Å². The van der Waals surface area contributed by atoms with Gasteiger partial charge in [0.1, 0.15) is 5.75 Å². The minimum absolute atomic E-state index is 0.0361. The Morgan fingerprint density at radius 1 is 1.25 bits per heavy atom. The van der Waals surface area contributed by atoms with Gasteiger partial charge in [-0.1, -0.05) is 12.1 Å². The highest BCUT2D eigenvalue weighted by molar-refractivity contribution is 5.95. The van der Waals surface area contributed by atoms with Crippen molar-refractivity contribution in [3.63, 3.8) is 0 Å².